The van der Waals surface area contributed by atoms with Gasteiger partial charge in [0.1, 0.15) is 17.4 Å². The van der Waals surface area contributed by atoms with Gasteiger partial charge in [-0.1, -0.05) is 6.07 Å². The molecular weight excluding hydrogens is 224 g/mol. The SMILES string of the molecule is Cc1cc(C(N)Cc2c(F)cccc2F)co1. The van der Waals surface area contributed by atoms with E-state index < -0.39 is 17.7 Å². The number of hydrogen-bond acceptors (Lipinski definition) is 2. The van der Waals surface area contributed by atoms with Crippen LogP contribution in [0.3, 0.4) is 0 Å². The van der Waals surface area contributed by atoms with Crippen LogP contribution < -0.4 is 5.73 Å². The molecular formula is C13H13F2NO. The van der Waals surface area contributed by atoms with E-state index in [1.54, 1.807) is 13.0 Å². The molecule has 2 aromatic rings. The lowest BCUT2D eigenvalue weighted by Gasteiger charge is -2.10. The van der Waals surface area contributed by atoms with Gasteiger partial charge in [0.15, 0.2) is 0 Å². The van der Waals surface area contributed by atoms with Crippen molar-refractivity contribution in [2.75, 3.05) is 0 Å². The first-order valence-electron chi connectivity index (χ1n) is 5.31. The molecule has 1 aromatic carbocycles. The van der Waals surface area contributed by atoms with E-state index in [4.69, 9.17) is 10.2 Å². The highest BCUT2D eigenvalue weighted by Gasteiger charge is 2.15. The van der Waals surface area contributed by atoms with E-state index in [-0.39, 0.29) is 12.0 Å². The normalized spacial score (nSPS) is 12.7. The fourth-order valence-corrected chi connectivity index (χ4v) is 1.72. The van der Waals surface area contributed by atoms with E-state index in [1.165, 1.54) is 24.5 Å². The molecule has 17 heavy (non-hydrogen) atoms. The predicted octanol–water partition coefficient (Wildman–Crippen LogP) is 3.11. The Kier molecular flexibility index (Phi) is 3.24. The van der Waals surface area contributed by atoms with Crippen LogP contribution in [0.2, 0.25) is 0 Å². The van der Waals surface area contributed by atoms with Crippen molar-refractivity contribution >= 4 is 0 Å². The van der Waals surface area contributed by atoms with Gasteiger partial charge in [-0.05, 0) is 31.5 Å². The second kappa shape index (κ2) is 4.67. The predicted molar refractivity (Wildman–Crippen MR) is 60.4 cm³/mol. The Balaban J connectivity index is 2.21. The lowest BCUT2D eigenvalue weighted by molar-refractivity contribution is 0.521. The van der Waals surface area contributed by atoms with Crippen molar-refractivity contribution in [2.45, 2.75) is 19.4 Å². The number of benzene rings is 1. The molecule has 1 aromatic heterocycles. The summed E-state index contributed by atoms with van der Waals surface area (Å²) in [6.07, 6.45) is 1.62. The molecule has 1 heterocycles. The molecule has 0 aliphatic heterocycles. The summed E-state index contributed by atoms with van der Waals surface area (Å²) >= 11 is 0. The highest BCUT2D eigenvalue weighted by atomic mass is 19.1. The fourth-order valence-electron chi connectivity index (χ4n) is 1.72. The van der Waals surface area contributed by atoms with Gasteiger partial charge >= 0.3 is 0 Å². The minimum atomic E-state index is -0.569. The second-order valence-corrected chi connectivity index (χ2v) is 4.00. The molecule has 0 aliphatic carbocycles. The van der Waals surface area contributed by atoms with Crippen LogP contribution >= 0.6 is 0 Å². The summed E-state index contributed by atoms with van der Waals surface area (Å²) in [4.78, 5) is 0. The summed E-state index contributed by atoms with van der Waals surface area (Å²) in [7, 11) is 0. The molecule has 90 valence electrons. The summed E-state index contributed by atoms with van der Waals surface area (Å²) in [5.41, 5.74) is 6.64. The Morgan fingerprint density at radius 2 is 1.94 bits per heavy atom. The third-order valence-electron chi connectivity index (χ3n) is 2.66. The zero-order chi connectivity index (χ0) is 12.4. The summed E-state index contributed by atoms with van der Waals surface area (Å²) < 4.78 is 31.9. The average molecular weight is 237 g/mol. The van der Waals surface area contributed by atoms with E-state index in [2.05, 4.69) is 0 Å². The molecule has 2 N–H and O–H groups in total. The van der Waals surface area contributed by atoms with E-state index in [1.807, 2.05) is 0 Å². The largest absolute Gasteiger partial charge is 0.469 e. The lowest BCUT2D eigenvalue weighted by Crippen LogP contribution is -2.14. The summed E-state index contributed by atoms with van der Waals surface area (Å²) in [5, 5.41) is 0. The van der Waals surface area contributed by atoms with Crippen LogP contribution in [0.5, 0.6) is 0 Å². The van der Waals surface area contributed by atoms with Gasteiger partial charge in [-0.25, -0.2) is 8.78 Å². The molecule has 2 rings (SSSR count). The summed E-state index contributed by atoms with van der Waals surface area (Å²) in [5.74, 6) is -0.411. The minimum absolute atomic E-state index is 0.0128. The Hall–Kier alpha value is -1.68. The van der Waals surface area contributed by atoms with Crippen molar-refractivity contribution < 1.29 is 13.2 Å². The second-order valence-electron chi connectivity index (χ2n) is 4.00. The first-order chi connectivity index (χ1) is 8.08. The Morgan fingerprint density at radius 1 is 1.29 bits per heavy atom. The molecule has 1 atom stereocenters. The van der Waals surface area contributed by atoms with Gasteiger partial charge in [-0.3, -0.25) is 0 Å². The number of aryl methyl sites for hydroxylation is 1. The molecule has 4 heteroatoms. The maximum atomic E-state index is 13.4. The van der Waals surface area contributed by atoms with Crippen LogP contribution in [0.4, 0.5) is 8.78 Å². The molecule has 0 fully saturated rings. The van der Waals surface area contributed by atoms with Gasteiger partial charge in [0.05, 0.1) is 6.26 Å². The smallest absolute Gasteiger partial charge is 0.129 e. The topological polar surface area (TPSA) is 39.2 Å². The van der Waals surface area contributed by atoms with Gasteiger partial charge in [0.25, 0.3) is 0 Å². The lowest BCUT2D eigenvalue weighted by atomic mass is 10.0. The molecule has 1 unspecified atom stereocenters. The van der Waals surface area contributed by atoms with Crippen molar-refractivity contribution in [2.24, 2.45) is 5.73 Å². The van der Waals surface area contributed by atoms with Crippen molar-refractivity contribution in [1.82, 2.24) is 0 Å². The van der Waals surface area contributed by atoms with E-state index >= 15 is 0 Å². The Morgan fingerprint density at radius 3 is 2.47 bits per heavy atom. The van der Waals surface area contributed by atoms with Gasteiger partial charge in [-0.15, -0.1) is 0 Å². The standard InChI is InChI=1S/C13H13F2NO/c1-8-5-9(7-17-8)13(16)6-10-11(14)3-2-4-12(10)15/h2-5,7,13H,6,16H2,1H3. The average Bonchev–Trinajstić information content (AvgIpc) is 2.70. The first-order valence-corrected chi connectivity index (χ1v) is 5.31. The minimum Gasteiger partial charge on any atom is -0.469 e. The monoisotopic (exact) mass is 237 g/mol. The summed E-state index contributed by atoms with van der Waals surface area (Å²) in [6, 6.07) is 5.08. The maximum absolute atomic E-state index is 13.4. The number of nitrogens with two attached hydrogens (primary N) is 1. The van der Waals surface area contributed by atoms with Crippen LogP contribution in [-0.4, -0.2) is 0 Å². The molecule has 0 amide bonds. The van der Waals surface area contributed by atoms with Crippen molar-refractivity contribution in [3.05, 3.63) is 59.1 Å². The molecule has 0 saturated heterocycles. The third-order valence-corrected chi connectivity index (χ3v) is 2.66. The number of furan rings is 1. The number of halogens is 2. The zero-order valence-electron chi connectivity index (χ0n) is 9.41. The zero-order valence-corrected chi connectivity index (χ0v) is 9.41. The first kappa shape index (κ1) is 11.8. The van der Waals surface area contributed by atoms with Crippen molar-refractivity contribution in [1.29, 1.82) is 0 Å². The van der Waals surface area contributed by atoms with Crippen molar-refractivity contribution in [3.63, 3.8) is 0 Å². The van der Waals surface area contributed by atoms with Crippen LogP contribution in [0, 0.1) is 18.6 Å². The molecule has 0 saturated carbocycles. The van der Waals surface area contributed by atoms with Gasteiger partial charge in [0.2, 0.25) is 0 Å². The van der Waals surface area contributed by atoms with Crippen LogP contribution in [-0.2, 0) is 6.42 Å². The van der Waals surface area contributed by atoms with E-state index in [0.717, 1.165) is 11.3 Å². The van der Waals surface area contributed by atoms with Gasteiger partial charge < -0.3 is 10.2 Å². The Labute approximate surface area is 98.0 Å². The van der Waals surface area contributed by atoms with Crippen molar-refractivity contribution in [3.8, 4) is 0 Å². The molecule has 0 bridgehead atoms. The van der Waals surface area contributed by atoms with Crippen LogP contribution in [0.15, 0.2) is 34.9 Å². The summed E-state index contributed by atoms with van der Waals surface area (Å²) in [6.45, 7) is 1.79. The highest BCUT2D eigenvalue weighted by molar-refractivity contribution is 5.24. The highest BCUT2D eigenvalue weighted by Crippen LogP contribution is 2.21. The van der Waals surface area contributed by atoms with E-state index in [0.29, 0.717) is 0 Å². The van der Waals surface area contributed by atoms with E-state index in [9.17, 15) is 8.78 Å². The molecule has 0 radical (unpaired) electrons. The van der Waals surface area contributed by atoms with Crippen LogP contribution in [0.1, 0.15) is 22.9 Å². The maximum Gasteiger partial charge on any atom is 0.129 e. The molecule has 2 nitrogen and oxygen atoms in total. The Bertz CT molecular complexity index is 502. The van der Waals surface area contributed by atoms with Crippen LogP contribution in [0.25, 0.3) is 0 Å². The molecule has 0 spiro atoms. The quantitative estimate of drug-likeness (QED) is 0.890. The third kappa shape index (κ3) is 2.53. The molecule has 0 aliphatic rings. The number of rotatable bonds is 3. The number of hydrogen-bond donors (Lipinski definition) is 1. The van der Waals surface area contributed by atoms with Gasteiger partial charge in [-0.2, -0.15) is 0 Å². The fraction of sp³-hybridized carbons (Fsp3) is 0.231. The van der Waals surface area contributed by atoms with Gasteiger partial charge in [0, 0.05) is 17.2 Å².